The number of rotatable bonds is 7. The molecule has 0 unspecified atom stereocenters. The molecule has 2 rings (SSSR count). The molecule has 0 bridgehead atoms. The molecule has 0 saturated heterocycles. The summed E-state index contributed by atoms with van der Waals surface area (Å²) in [6, 6.07) is 8.32. The maximum absolute atomic E-state index is 5.80. The quantitative estimate of drug-likeness (QED) is 0.846. The second-order valence-corrected chi connectivity index (χ2v) is 5.90. The van der Waals surface area contributed by atoms with E-state index in [1.165, 1.54) is 11.1 Å². The van der Waals surface area contributed by atoms with Crippen molar-refractivity contribution in [2.45, 2.75) is 40.0 Å². The van der Waals surface area contributed by atoms with E-state index in [-0.39, 0.29) is 0 Å². The molecule has 5 heteroatoms. The van der Waals surface area contributed by atoms with E-state index in [0.29, 0.717) is 12.5 Å². The minimum atomic E-state index is 0.564. The third-order valence-electron chi connectivity index (χ3n) is 3.42. The first-order chi connectivity index (χ1) is 10.1. The third-order valence-corrected chi connectivity index (χ3v) is 3.42. The summed E-state index contributed by atoms with van der Waals surface area (Å²) in [5, 5.41) is 4.31. The first-order valence-corrected chi connectivity index (χ1v) is 7.42. The molecule has 0 fully saturated rings. The number of hydrogen-bond acceptors (Lipinski definition) is 4. The Labute approximate surface area is 126 Å². The average molecular weight is 287 g/mol. The molecule has 0 atom stereocenters. The lowest BCUT2D eigenvalue weighted by Gasteiger charge is -2.19. The van der Waals surface area contributed by atoms with Gasteiger partial charge in [-0.25, -0.2) is 9.67 Å². The van der Waals surface area contributed by atoms with Crippen molar-refractivity contribution >= 4 is 0 Å². The Morgan fingerprint density at radius 3 is 2.57 bits per heavy atom. The van der Waals surface area contributed by atoms with Gasteiger partial charge in [0.1, 0.15) is 12.2 Å². The van der Waals surface area contributed by atoms with Crippen molar-refractivity contribution in [1.82, 2.24) is 19.7 Å². The van der Waals surface area contributed by atoms with Gasteiger partial charge in [0.25, 0.3) is 0 Å². The maximum Gasteiger partial charge on any atom is 0.141 e. The Morgan fingerprint density at radius 1 is 1.19 bits per heavy atom. The standard InChI is InChI=1S/C16H25N5/c1-13(2)9-21-16(18-12-19-21)11-20(3)10-15-7-5-4-6-14(15)8-17/h4-7,12-13H,8-11,17H2,1-3H3. The van der Waals surface area contributed by atoms with Crippen LogP contribution < -0.4 is 5.73 Å². The Kier molecular flexibility index (Phi) is 5.47. The van der Waals surface area contributed by atoms with E-state index in [2.05, 4.69) is 54.1 Å². The fourth-order valence-electron chi connectivity index (χ4n) is 2.41. The number of benzene rings is 1. The summed E-state index contributed by atoms with van der Waals surface area (Å²) >= 11 is 0. The van der Waals surface area contributed by atoms with Gasteiger partial charge >= 0.3 is 0 Å². The summed E-state index contributed by atoms with van der Waals surface area (Å²) in [5.41, 5.74) is 8.27. The van der Waals surface area contributed by atoms with Gasteiger partial charge in [0.15, 0.2) is 0 Å². The van der Waals surface area contributed by atoms with Gasteiger partial charge in [-0.1, -0.05) is 38.1 Å². The van der Waals surface area contributed by atoms with Crippen molar-refractivity contribution in [1.29, 1.82) is 0 Å². The minimum absolute atomic E-state index is 0.564. The summed E-state index contributed by atoms with van der Waals surface area (Å²) in [7, 11) is 2.10. The van der Waals surface area contributed by atoms with Crippen molar-refractivity contribution in [2.24, 2.45) is 11.7 Å². The van der Waals surface area contributed by atoms with Crippen LogP contribution in [-0.2, 0) is 26.2 Å². The van der Waals surface area contributed by atoms with Gasteiger partial charge in [-0.15, -0.1) is 0 Å². The zero-order valence-corrected chi connectivity index (χ0v) is 13.2. The molecule has 1 aromatic heterocycles. The van der Waals surface area contributed by atoms with Crippen LogP contribution in [0.2, 0.25) is 0 Å². The maximum atomic E-state index is 5.80. The van der Waals surface area contributed by atoms with Crippen LogP contribution >= 0.6 is 0 Å². The molecule has 0 aliphatic heterocycles. The van der Waals surface area contributed by atoms with Gasteiger partial charge in [-0.2, -0.15) is 5.10 Å². The molecule has 5 nitrogen and oxygen atoms in total. The molecule has 0 radical (unpaired) electrons. The van der Waals surface area contributed by atoms with E-state index in [0.717, 1.165) is 25.5 Å². The van der Waals surface area contributed by atoms with Gasteiger partial charge in [-0.3, -0.25) is 4.90 Å². The van der Waals surface area contributed by atoms with E-state index in [9.17, 15) is 0 Å². The zero-order chi connectivity index (χ0) is 15.2. The van der Waals surface area contributed by atoms with Crippen LogP contribution in [0.15, 0.2) is 30.6 Å². The third kappa shape index (κ3) is 4.37. The Hall–Kier alpha value is -1.72. The largest absolute Gasteiger partial charge is 0.326 e. The summed E-state index contributed by atoms with van der Waals surface area (Å²) in [6.45, 7) is 7.50. The topological polar surface area (TPSA) is 60.0 Å². The monoisotopic (exact) mass is 287 g/mol. The predicted octanol–water partition coefficient (Wildman–Crippen LogP) is 2.02. The van der Waals surface area contributed by atoms with Crippen LogP contribution in [0.1, 0.15) is 30.8 Å². The molecular weight excluding hydrogens is 262 g/mol. The van der Waals surface area contributed by atoms with Gasteiger partial charge in [0.05, 0.1) is 6.54 Å². The highest BCUT2D eigenvalue weighted by atomic mass is 15.3. The molecule has 0 aliphatic rings. The lowest BCUT2D eigenvalue weighted by molar-refractivity contribution is 0.297. The van der Waals surface area contributed by atoms with Crippen molar-refractivity contribution in [3.63, 3.8) is 0 Å². The number of aromatic nitrogens is 3. The lowest BCUT2D eigenvalue weighted by atomic mass is 10.1. The highest BCUT2D eigenvalue weighted by Crippen LogP contribution is 2.12. The molecule has 0 spiro atoms. The molecule has 2 N–H and O–H groups in total. The number of nitrogens with zero attached hydrogens (tertiary/aromatic N) is 4. The number of hydrogen-bond donors (Lipinski definition) is 1. The summed E-state index contributed by atoms with van der Waals surface area (Å²) in [4.78, 5) is 6.62. The van der Waals surface area contributed by atoms with Crippen LogP contribution in [0.5, 0.6) is 0 Å². The van der Waals surface area contributed by atoms with Crippen LogP contribution in [0.25, 0.3) is 0 Å². The van der Waals surface area contributed by atoms with Gasteiger partial charge in [0.2, 0.25) is 0 Å². The second-order valence-electron chi connectivity index (χ2n) is 5.90. The van der Waals surface area contributed by atoms with Crippen molar-refractivity contribution < 1.29 is 0 Å². The molecule has 114 valence electrons. The highest BCUT2D eigenvalue weighted by Gasteiger charge is 2.10. The van der Waals surface area contributed by atoms with Gasteiger partial charge < -0.3 is 5.73 Å². The van der Waals surface area contributed by atoms with Gasteiger partial charge in [0, 0.05) is 19.6 Å². The first-order valence-electron chi connectivity index (χ1n) is 7.42. The van der Waals surface area contributed by atoms with Gasteiger partial charge in [-0.05, 0) is 24.1 Å². The van der Waals surface area contributed by atoms with Crippen LogP contribution in [0.3, 0.4) is 0 Å². The second kappa shape index (κ2) is 7.33. The molecule has 0 aliphatic carbocycles. The molecular formula is C16H25N5. The Bertz CT molecular complexity index is 561. The fraction of sp³-hybridized carbons (Fsp3) is 0.500. The van der Waals surface area contributed by atoms with E-state index in [1.54, 1.807) is 6.33 Å². The average Bonchev–Trinajstić information content (AvgIpc) is 2.85. The summed E-state index contributed by atoms with van der Waals surface area (Å²) < 4.78 is 2.00. The fourth-order valence-corrected chi connectivity index (χ4v) is 2.41. The Balaban J connectivity index is 2.02. The van der Waals surface area contributed by atoms with Crippen molar-refractivity contribution in [3.8, 4) is 0 Å². The predicted molar refractivity (Wildman–Crippen MR) is 84.4 cm³/mol. The lowest BCUT2D eigenvalue weighted by Crippen LogP contribution is -2.22. The zero-order valence-electron chi connectivity index (χ0n) is 13.2. The molecule has 2 aromatic rings. The summed E-state index contributed by atoms with van der Waals surface area (Å²) in [6.07, 6.45) is 1.64. The molecule has 21 heavy (non-hydrogen) atoms. The molecule has 1 heterocycles. The van der Waals surface area contributed by atoms with E-state index in [1.807, 2.05) is 10.7 Å². The van der Waals surface area contributed by atoms with Crippen LogP contribution in [0, 0.1) is 5.92 Å². The summed E-state index contributed by atoms with van der Waals surface area (Å²) in [5.74, 6) is 1.57. The van der Waals surface area contributed by atoms with E-state index >= 15 is 0 Å². The van der Waals surface area contributed by atoms with E-state index in [4.69, 9.17) is 5.73 Å². The normalized spacial score (nSPS) is 11.5. The molecule has 0 saturated carbocycles. The van der Waals surface area contributed by atoms with Crippen LogP contribution in [-0.4, -0.2) is 26.7 Å². The van der Waals surface area contributed by atoms with Crippen molar-refractivity contribution in [2.75, 3.05) is 7.05 Å². The minimum Gasteiger partial charge on any atom is -0.326 e. The Morgan fingerprint density at radius 2 is 1.90 bits per heavy atom. The van der Waals surface area contributed by atoms with E-state index < -0.39 is 0 Å². The first kappa shape index (κ1) is 15.7. The smallest absolute Gasteiger partial charge is 0.141 e. The highest BCUT2D eigenvalue weighted by molar-refractivity contribution is 5.26. The van der Waals surface area contributed by atoms with Crippen molar-refractivity contribution in [3.05, 3.63) is 47.5 Å². The molecule has 0 amide bonds. The van der Waals surface area contributed by atoms with Crippen LogP contribution in [0.4, 0.5) is 0 Å². The molecule has 1 aromatic carbocycles. The SMILES string of the molecule is CC(C)Cn1ncnc1CN(C)Cc1ccccc1CN. The number of nitrogens with two attached hydrogens (primary N) is 1.